The van der Waals surface area contributed by atoms with Crippen LogP contribution in [0.3, 0.4) is 0 Å². The van der Waals surface area contributed by atoms with Crippen LogP contribution in [0.4, 0.5) is 0 Å². The highest BCUT2D eigenvalue weighted by Crippen LogP contribution is 2.67. The largest absolute Gasteiger partial charge is 0.208 e. The molecule has 0 bridgehead atoms. The first kappa shape index (κ1) is 42.1. The van der Waals surface area contributed by atoms with Gasteiger partial charge in [-0.1, -0.05) is 267 Å². The van der Waals surface area contributed by atoms with Gasteiger partial charge < -0.3 is 0 Å². The van der Waals surface area contributed by atoms with Crippen LogP contribution >= 0.6 is 0 Å². The van der Waals surface area contributed by atoms with Gasteiger partial charge in [0.15, 0.2) is 17.5 Å². The van der Waals surface area contributed by atoms with Gasteiger partial charge in [0, 0.05) is 16.7 Å². The summed E-state index contributed by atoms with van der Waals surface area (Å²) in [6, 6.07) is 99.7. The van der Waals surface area contributed by atoms with Crippen molar-refractivity contribution in [2.24, 2.45) is 0 Å². The average molecular weight is 940 g/mol. The molecule has 0 N–H and O–H groups in total. The highest BCUT2D eigenvalue weighted by atomic mass is 15.0. The van der Waals surface area contributed by atoms with Gasteiger partial charge >= 0.3 is 0 Å². The molecular weight excluding hydrogens is 895 g/mol. The lowest BCUT2D eigenvalue weighted by Crippen LogP contribution is -2.43. The molecule has 3 nitrogen and oxygen atoms in total. The Bertz CT molecular complexity index is 3960. The van der Waals surface area contributed by atoms with E-state index in [4.69, 9.17) is 15.0 Å². The van der Waals surface area contributed by atoms with Crippen LogP contribution in [0.1, 0.15) is 44.5 Å². The maximum Gasteiger partial charge on any atom is 0.164 e. The number of aromatic nitrogens is 3. The van der Waals surface area contributed by atoms with Crippen molar-refractivity contribution >= 4 is 0 Å². The fourth-order valence-electron chi connectivity index (χ4n) is 12.9. The molecule has 0 fully saturated rings. The van der Waals surface area contributed by atoms with E-state index in [9.17, 15) is 0 Å². The number of rotatable bonds is 6. The summed E-state index contributed by atoms with van der Waals surface area (Å²) in [6.45, 7) is 0. The van der Waals surface area contributed by atoms with Crippen LogP contribution in [-0.4, -0.2) is 15.0 Å². The molecule has 344 valence electrons. The monoisotopic (exact) mass is 939 g/mol. The molecule has 3 aliphatic carbocycles. The first-order valence-electron chi connectivity index (χ1n) is 25.5. The highest BCUT2D eigenvalue weighted by Gasteiger charge is 2.58. The molecule has 0 radical (unpaired) electrons. The van der Waals surface area contributed by atoms with Gasteiger partial charge in [0.1, 0.15) is 0 Å². The minimum absolute atomic E-state index is 0.483. The summed E-state index contributed by atoms with van der Waals surface area (Å²) in [5, 5.41) is 0. The summed E-state index contributed by atoms with van der Waals surface area (Å²) < 4.78 is 0. The zero-order valence-corrected chi connectivity index (χ0v) is 40.3. The van der Waals surface area contributed by atoms with Crippen molar-refractivity contribution in [3.63, 3.8) is 0 Å². The molecule has 0 amide bonds. The molecule has 0 saturated heterocycles. The second-order valence-electron chi connectivity index (χ2n) is 19.8. The van der Waals surface area contributed by atoms with Gasteiger partial charge in [-0.05, 0) is 106 Å². The second kappa shape index (κ2) is 16.5. The summed E-state index contributed by atoms with van der Waals surface area (Å²) in [4.78, 5) is 15.5. The van der Waals surface area contributed by atoms with Crippen LogP contribution < -0.4 is 0 Å². The average Bonchev–Trinajstić information content (AvgIpc) is 3.98. The van der Waals surface area contributed by atoms with E-state index in [0.29, 0.717) is 17.5 Å². The Kier molecular flexibility index (Phi) is 9.39. The van der Waals surface area contributed by atoms with E-state index >= 15 is 0 Å². The Balaban J connectivity index is 0.862. The van der Waals surface area contributed by atoms with Crippen LogP contribution in [0.25, 0.3) is 89.8 Å². The molecule has 0 aliphatic heterocycles. The summed E-state index contributed by atoms with van der Waals surface area (Å²) in [6.07, 6.45) is 0. The van der Waals surface area contributed by atoms with Crippen LogP contribution in [-0.2, 0) is 10.8 Å². The van der Waals surface area contributed by atoms with E-state index in [1.54, 1.807) is 0 Å². The molecule has 0 saturated carbocycles. The summed E-state index contributed by atoms with van der Waals surface area (Å²) in [5.41, 5.74) is 24.4. The fourth-order valence-corrected chi connectivity index (χ4v) is 12.9. The SMILES string of the molecule is c1ccc(-c2ccc(-c3nc(-c4ccc(-c5ccccc5)cc4)nc(-c4ccc(-c5ccc6c(c5)C5(c7ccccc7-6)c6ccccc6C6(c7ccccc7-c7ccccc76)c6ccccc65)cc4)n3)cc2)cc1. The lowest BCUT2D eigenvalue weighted by molar-refractivity contribution is 0.633. The van der Waals surface area contributed by atoms with E-state index in [1.165, 1.54) is 77.9 Å². The summed E-state index contributed by atoms with van der Waals surface area (Å²) in [5.74, 6) is 1.88. The quantitative estimate of drug-likeness (QED) is 0.167. The molecule has 1 heterocycles. The predicted molar refractivity (Wildman–Crippen MR) is 301 cm³/mol. The lowest BCUT2D eigenvalue weighted by atomic mass is 9.52. The number of fused-ring (bicyclic) bond motifs is 16. The first-order valence-corrected chi connectivity index (χ1v) is 25.5. The van der Waals surface area contributed by atoms with Crippen LogP contribution in [0, 0.1) is 0 Å². The van der Waals surface area contributed by atoms with Crippen molar-refractivity contribution in [1.82, 2.24) is 15.0 Å². The Morgan fingerprint density at radius 1 is 0.176 bits per heavy atom. The van der Waals surface area contributed by atoms with Crippen molar-refractivity contribution in [2.45, 2.75) is 10.8 Å². The predicted octanol–water partition coefficient (Wildman–Crippen LogP) is 16.9. The van der Waals surface area contributed by atoms with E-state index in [2.05, 4.69) is 261 Å². The van der Waals surface area contributed by atoms with E-state index in [-0.39, 0.29) is 0 Å². The third-order valence-corrected chi connectivity index (χ3v) is 16.1. The van der Waals surface area contributed by atoms with Crippen molar-refractivity contribution in [1.29, 1.82) is 0 Å². The second-order valence-corrected chi connectivity index (χ2v) is 19.8. The molecular formula is C71H45N3. The van der Waals surface area contributed by atoms with E-state index < -0.39 is 10.8 Å². The zero-order chi connectivity index (χ0) is 48.8. The maximum absolute atomic E-state index is 5.18. The molecule has 11 aromatic carbocycles. The van der Waals surface area contributed by atoms with Gasteiger partial charge in [0.25, 0.3) is 0 Å². The van der Waals surface area contributed by atoms with Crippen molar-refractivity contribution < 1.29 is 0 Å². The molecule has 12 aromatic rings. The molecule has 0 unspecified atom stereocenters. The van der Waals surface area contributed by atoms with Crippen LogP contribution in [0.5, 0.6) is 0 Å². The smallest absolute Gasteiger partial charge is 0.164 e. The lowest BCUT2D eigenvalue weighted by Gasteiger charge is -2.48. The standard InChI is InChI=1S/C71H45N3/c1-3-17-46(18-4-1)48-31-37-51(38-32-48)67-72-68(52-39-33-49(34-40-52)47-19-5-2-6-20-47)74-69(73-67)53-41-35-50(36-42-53)54-43-44-58-57-23-9-12-26-61(57)71(66(58)45-54)64-29-15-13-27-62(64)70(63-28-14-16-30-65(63)71)59-24-10-7-21-55(59)56-22-8-11-25-60(56)70/h1-45H. The maximum atomic E-state index is 5.18. The molecule has 74 heavy (non-hydrogen) atoms. The number of nitrogens with zero attached hydrogens (tertiary/aromatic N) is 3. The van der Waals surface area contributed by atoms with Crippen molar-refractivity contribution in [3.8, 4) is 89.8 Å². The fraction of sp³-hybridized carbons (Fsp3) is 0.0282. The zero-order valence-electron chi connectivity index (χ0n) is 40.3. The van der Waals surface area contributed by atoms with Gasteiger partial charge in [-0.3, -0.25) is 0 Å². The van der Waals surface area contributed by atoms with Crippen LogP contribution in [0.15, 0.2) is 273 Å². The molecule has 15 rings (SSSR count). The van der Waals surface area contributed by atoms with Gasteiger partial charge in [-0.25, -0.2) is 15.0 Å². The van der Waals surface area contributed by atoms with E-state index in [1.807, 2.05) is 12.1 Å². The Morgan fingerprint density at radius 2 is 0.419 bits per heavy atom. The topological polar surface area (TPSA) is 38.7 Å². The van der Waals surface area contributed by atoms with E-state index in [0.717, 1.165) is 38.9 Å². The van der Waals surface area contributed by atoms with Crippen molar-refractivity contribution in [3.05, 3.63) is 317 Å². The molecule has 3 aliphatic rings. The first-order chi connectivity index (χ1) is 36.7. The molecule has 0 atom stereocenters. The van der Waals surface area contributed by atoms with Crippen molar-refractivity contribution in [2.75, 3.05) is 0 Å². The molecule has 2 spiro atoms. The van der Waals surface area contributed by atoms with Gasteiger partial charge in [-0.15, -0.1) is 0 Å². The number of hydrogen-bond acceptors (Lipinski definition) is 3. The third-order valence-electron chi connectivity index (χ3n) is 16.1. The molecule has 3 heteroatoms. The Hall–Kier alpha value is -9.57. The Morgan fingerprint density at radius 3 is 0.784 bits per heavy atom. The summed E-state index contributed by atoms with van der Waals surface area (Å²) in [7, 11) is 0. The van der Waals surface area contributed by atoms with Crippen LogP contribution in [0.2, 0.25) is 0 Å². The minimum Gasteiger partial charge on any atom is -0.208 e. The minimum atomic E-state index is -0.566. The van der Waals surface area contributed by atoms with Gasteiger partial charge in [0.2, 0.25) is 0 Å². The van der Waals surface area contributed by atoms with Gasteiger partial charge in [-0.2, -0.15) is 0 Å². The highest BCUT2D eigenvalue weighted by molar-refractivity contribution is 5.94. The summed E-state index contributed by atoms with van der Waals surface area (Å²) >= 11 is 0. The molecule has 1 aromatic heterocycles. The third kappa shape index (κ3) is 6.11. The van der Waals surface area contributed by atoms with Gasteiger partial charge in [0.05, 0.1) is 10.8 Å². The normalized spacial score (nSPS) is 13.6. The number of benzene rings is 11. The number of hydrogen-bond donors (Lipinski definition) is 0. The Labute approximate surface area is 430 Å².